The number of hydrogen-bond donors (Lipinski definition) is 1. The number of rotatable bonds is 5. The smallest absolute Gasteiger partial charge is 0.320 e. The molecule has 0 amide bonds. The summed E-state index contributed by atoms with van der Waals surface area (Å²) >= 11 is 0. The third-order valence-electron chi connectivity index (χ3n) is 5.56. The normalized spacial score (nSPS) is 18.6. The van der Waals surface area contributed by atoms with Gasteiger partial charge in [0.15, 0.2) is 0 Å². The monoisotopic (exact) mass is 360 g/mol. The quantitative estimate of drug-likeness (QED) is 0.731. The van der Waals surface area contributed by atoms with Crippen LogP contribution in [0.5, 0.6) is 0 Å². The van der Waals surface area contributed by atoms with E-state index in [1.165, 1.54) is 5.56 Å². The third kappa shape index (κ3) is 3.33. The number of nitrogens with zero attached hydrogens (tertiary/aromatic N) is 2. The van der Waals surface area contributed by atoms with Gasteiger partial charge in [0.05, 0.1) is 11.7 Å². The Labute approximate surface area is 159 Å². The molecule has 1 aromatic heterocycles. The molecule has 0 saturated carbocycles. The molecule has 0 aliphatic carbocycles. The van der Waals surface area contributed by atoms with Crippen molar-refractivity contribution in [2.45, 2.75) is 38.3 Å². The molecule has 0 radical (unpaired) electrons. The number of carbonyl (C=O) groups is 1. The minimum absolute atomic E-state index is 0.161. The molecular weight excluding hydrogens is 336 g/mol. The van der Waals surface area contributed by atoms with Crippen molar-refractivity contribution in [3.8, 4) is 0 Å². The van der Waals surface area contributed by atoms with Crippen LogP contribution in [-0.4, -0.2) is 33.5 Å². The predicted molar refractivity (Wildman–Crippen MR) is 107 cm³/mol. The average molecular weight is 360 g/mol. The Kier molecular flexibility index (Phi) is 4.90. The summed E-state index contributed by atoms with van der Waals surface area (Å²) < 4.78 is 0. The summed E-state index contributed by atoms with van der Waals surface area (Å²) in [7, 11) is 0. The number of likely N-dealkylation sites (tertiary alicyclic amines) is 1. The lowest BCUT2D eigenvalue weighted by Gasteiger charge is -2.32. The van der Waals surface area contributed by atoms with Gasteiger partial charge in [-0.25, -0.2) is 0 Å². The number of carboxylic acid groups (broad SMARTS) is 1. The lowest BCUT2D eigenvalue weighted by atomic mass is 9.94. The molecule has 4 rings (SSSR count). The number of fused-ring (bicyclic) bond motifs is 1. The van der Waals surface area contributed by atoms with Crippen molar-refractivity contribution in [3.63, 3.8) is 0 Å². The third-order valence-corrected chi connectivity index (χ3v) is 5.56. The van der Waals surface area contributed by atoms with Gasteiger partial charge in [0, 0.05) is 12.7 Å². The zero-order valence-electron chi connectivity index (χ0n) is 15.5. The van der Waals surface area contributed by atoms with Gasteiger partial charge in [0.25, 0.3) is 0 Å². The fourth-order valence-corrected chi connectivity index (χ4v) is 4.17. The number of aromatic nitrogens is 1. The number of aryl methyl sites for hydroxylation is 1. The summed E-state index contributed by atoms with van der Waals surface area (Å²) in [6.07, 6.45) is 4.43. The maximum absolute atomic E-state index is 11.9. The highest BCUT2D eigenvalue weighted by Gasteiger charge is 2.37. The molecule has 1 saturated heterocycles. The first-order valence-corrected chi connectivity index (χ1v) is 9.60. The summed E-state index contributed by atoms with van der Waals surface area (Å²) in [5.74, 6) is -0.747. The fourth-order valence-electron chi connectivity index (χ4n) is 4.17. The van der Waals surface area contributed by atoms with Crippen molar-refractivity contribution in [3.05, 3.63) is 77.6 Å². The highest BCUT2D eigenvalue weighted by Crippen LogP contribution is 2.37. The van der Waals surface area contributed by atoms with Gasteiger partial charge in [-0.1, -0.05) is 55.5 Å². The van der Waals surface area contributed by atoms with E-state index in [9.17, 15) is 9.90 Å². The molecule has 1 fully saturated rings. The van der Waals surface area contributed by atoms with Crippen LogP contribution in [0.15, 0.2) is 60.8 Å². The summed E-state index contributed by atoms with van der Waals surface area (Å²) in [4.78, 5) is 18.7. The molecule has 4 nitrogen and oxygen atoms in total. The van der Waals surface area contributed by atoms with E-state index in [-0.39, 0.29) is 6.04 Å². The average Bonchev–Trinajstić information content (AvgIpc) is 3.19. The van der Waals surface area contributed by atoms with Crippen molar-refractivity contribution in [2.75, 3.05) is 6.54 Å². The first-order valence-electron chi connectivity index (χ1n) is 9.60. The highest BCUT2D eigenvalue weighted by molar-refractivity contribution is 5.86. The second-order valence-electron chi connectivity index (χ2n) is 7.15. The van der Waals surface area contributed by atoms with Crippen LogP contribution < -0.4 is 0 Å². The van der Waals surface area contributed by atoms with Gasteiger partial charge >= 0.3 is 5.97 Å². The number of carboxylic acids is 1. The molecule has 0 bridgehead atoms. The Hall–Kier alpha value is -2.72. The Morgan fingerprint density at radius 2 is 2.00 bits per heavy atom. The molecule has 2 unspecified atom stereocenters. The van der Waals surface area contributed by atoms with Crippen LogP contribution in [0.25, 0.3) is 10.8 Å². The molecule has 2 heterocycles. The van der Waals surface area contributed by atoms with Crippen LogP contribution in [0.2, 0.25) is 0 Å². The van der Waals surface area contributed by atoms with E-state index in [1.54, 1.807) is 0 Å². The Bertz CT molecular complexity index is 947. The minimum Gasteiger partial charge on any atom is -0.480 e. The van der Waals surface area contributed by atoms with Gasteiger partial charge in [-0.15, -0.1) is 0 Å². The molecule has 1 aliphatic rings. The summed E-state index contributed by atoms with van der Waals surface area (Å²) in [5.41, 5.74) is 3.22. The Balaban J connectivity index is 1.88. The van der Waals surface area contributed by atoms with Crippen LogP contribution in [0, 0.1) is 0 Å². The Morgan fingerprint density at radius 3 is 2.74 bits per heavy atom. The SMILES string of the molecule is CCc1ccc(C(c2cccc3ccccc23)N2CCCC2C(=O)O)nc1. The van der Waals surface area contributed by atoms with E-state index in [1.807, 2.05) is 18.3 Å². The summed E-state index contributed by atoms with van der Waals surface area (Å²) in [6.45, 7) is 2.88. The minimum atomic E-state index is -0.747. The lowest BCUT2D eigenvalue weighted by molar-refractivity contribution is -0.142. The molecule has 3 aromatic rings. The van der Waals surface area contributed by atoms with Crippen LogP contribution in [0.1, 0.15) is 42.6 Å². The zero-order valence-corrected chi connectivity index (χ0v) is 15.5. The fraction of sp³-hybridized carbons (Fsp3) is 0.304. The zero-order chi connectivity index (χ0) is 18.8. The van der Waals surface area contributed by atoms with E-state index in [4.69, 9.17) is 4.98 Å². The molecule has 2 aromatic carbocycles. The van der Waals surface area contributed by atoms with Crippen molar-refractivity contribution >= 4 is 16.7 Å². The van der Waals surface area contributed by atoms with E-state index in [0.29, 0.717) is 6.42 Å². The van der Waals surface area contributed by atoms with Crippen molar-refractivity contribution in [2.24, 2.45) is 0 Å². The van der Waals surface area contributed by atoms with Crippen molar-refractivity contribution in [1.29, 1.82) is 0 Å². The predicted octanol–water partition coefficient (Wildman–Crippen LogP) is 4.44. The van der Waals surface area contributed by atoms with Gasteiger partial charge < -0.3 is 5.11 Å². The van der Waals surface area contributed by atoms with E-state index < -0.39 is 12.0 Å². The van der Waals surface area contributed by atoms with Gasteiger partial charge in [-0.05, 0) is 47.2 Å². The van der Waals surface area contributed by atoms with Gasteiger partial charge in [0.1, 0.15) is 6.04 Å². The van der Waals surface area contributed by atoms with Crippen LogP contribution in [-0.2, 0) is 11.2 Å². The molecule has 2 atom stereocenters. The molecule has 1 N–H and O–H groups in total. The van der Waals surface area contributed by atoms with Crippen LogP contribution in [0.3, 0.4) is 0 Å². The second kappa shape index (κ2) is 7.49. The van der Waals surface area contributed by atoms with Crippen molar-refractivity contribution in [1.82, 2.24) is 9.88 Å². The van der Waals surface area contributed by atoms with Crippen molar-refractivity contribution < 1.29 is 9.90 Å². The van der Waals surface area contributed by atoms with E-state index in [2.05, 4.69) is 54.3 Å². The van der Waals surface area contributed by atoms with Gasteiger partial charge in [-0.2, -0.15) is 0 Å². The van der Waals surface area contributed by atoms with Gasteiger partial charge in [0.2, 0.25) is 0 Å². The summed E-state index contributed by atoms with van der Waals surface area (Å²) in [6, 6.07) is 18.1. The van der Waals surface area contributed by atoms with E-state index in [0.717, 1.165) is 41.4 Å². The van der Waals surface area contributed by atoms with Crippen LogP contribution >= 0.6 is 0 Å². The second-order valence-corrected chi connectivity index (χ2v) is 7.15. The lowest BCUT2D eigenvalue weighted by Crippen LogP contribution is -2.39. The molecule has 27 heavy (non-hydrogen) atoms. The number of aliphatic carboxylic acids is 1. The van der Waals surface area contributed by atoms with E-state index >= 15 is 0 Å². The molecule has 4 heteroatoms. The molecule has 1 aliphatic heterocycles. The maximum Gasteiger partial charge on any atom is 0.320 e. The number of pyridine rings is 1. The molecule has 0 spiro atoms. The number of hydrogen-bond acceptors (Lipinski definition) is 3. The first kappa shape index (κ1) is 17.7. The topological polar surface area (TPSA) is 53.4 Å². The van der Waals surface area contributed by atoms with Crippen LogP contribution in [0.4, 0.5) is 0 Å². The van der Waals surface area contributed by atoms with Gasteiger partial charge in [-0.3, -0.25) is 14.7 Å². The molecule has 138 valence electrons. The summed E-state index contributed by atoms with van der Waals surface area (Å²) in [5, 5.41) is 12.1. The first-order chi connectivity index (χ1) is 13.2. The number of benzene rings is 2. The largest absolute Gasteiger partial charge is 0.480 e. The maximum atomic E-state index is 11.9. The highest BCUT2D eigenvalue weighted by atomic mass is 16.4. The molecular formula is C23H24N2O2. The standard InChI is InChI=1S/C23H24N2O2/c1-2-16-12-13-20(24-15-16)22(25-14-6-11-21(25)23(26)27)19-10-5-8-17-7-3-4-9-18(17)19/h3-5,7-10,12-13,15,21-22H,2,6,11,14H2,1H3,(H,26,27). The Morgan fingerprint density at radius 1 is 1.19 bits per heavy atom.